The first kappa shape index (κ1) is 23.8. The molecule has 1 aliphatic rings. The first-order valence-corrected chi connectivity index (χ1v) is 12.3. The number of carbonyl (C=O) groups is 1. The van der Waals surface area contributed by atoms with E-state index in [-0.39, 0.29) is 6.03 Å². The third kappa shape index (κ3) is 4.40. The fourth-order valence-corrected chi connectivity index (χ4v) is 4.67. The second-order valence-electron chi connectivity index (χ2n) is 9.01. The Kier molecular flexibility index (Phi) is 6.37. The predicted octanol–water partition coefficient (Wildman–Crippen LogP) is 7.27. The molecular formula is C29H27ClN4O2. The number of urea groups is 1. The minimum absolute atomic E-state index is 0.210. The zero-order chi connectivity index (χ0) is 25.4. The molecule has 1 aliphatic heterocycles. The Balaban J connectivity index is 1.65. The van der Waals surface area contributed by atoms with Crippen molar-refractivity contribution in [2.75, 3.05) is 4.90 Å². The summed E-state index contributed by atoms with van der Waals surface area (Å²) in [5.74, 6) is 0.781. The van der Waals surface area contributed by atoms with Crippen LogP contribution >= 0.6 is 11.6 Å². The lowest BCUT2D eigenvalue weighted by Gasteiger charge is -2.35. The van der Waals surface area contributed by atoms with Crippen LogP contribution in [0.25, 0.3) is 17.0 Å². The van der Waals surface area contributed by atoms with Crippen molar-refractivity contribution in [1.82, 2.24) is 15.5 Å². The van der Waals surface area contributed by atoms with Crippen molar-refractivity contribution < 1.29 is 9.32 Å². The quantitative estimate of drug-likeness (QED) is 0.314. The highest BCUT2D eigenvalue weighted by molar-refractivity contribution is 6.30. The van der Waals surface area contributed by atoms with Crippen LogP contribution in [-0.4, -0.2) is 16.2 Å². The topological polar surface area (TPSA) is 71.3 Å². The molecule has 1 atom stereocenters. The van der Waals surface area contributed by atoms with E-state index in [1.54, 1.807) is 17.0 Å². The second kappa shape index (κ2) is 9.63. The molecule has 0 bridgehead atoms. The van der Waals surface area contributed by atoms with Crippen molar-refractivity contribution in [3.63, 3.8) is 0 Å². The summed E-state index contributed by atoms with van der Waals surface area (Å²) < 4.78 is 5.79. The van der Waals surface area contributed by atoms with E-state index >= 15 is 0 Å². The standard InChI is InChI=1S/C29H27ClN4O2/c1-5-20-10-13-24(14-11-20)34-19(4)25(26(31-29(34)35)21-12-9-17(2)18(3)15-21)28-32-27(33-36-28)22-7-6-8-23(30)16-22/h6-16,26H,5H2,1-4H3,(H,31,35). The number of benzene rings is 3. The second-order valence-corrected chi connectivity index (χ2v) is 9.45. The molecule has 0 radical (unpaired) electrons. The van der Waals surface area contributed by atoms with Crippen molar-refractivity contribution in [2.24, 2.45) is 0 Å². The number of hydrogen-bond donors (Lipinski definition) is 1. The normalized spacial score (nSPS) is 15.9. The summed E-state index contributed by atoms with van der Waals surface area (Å²) in [7, 11) is 0. The Labute approximate surface area is 215 Å². The highest BCUT2D eigenvalue weighted by atomic mass is 35.5. The molecule has 4 aromatic rings. The Hall–Kier alpha value is -3.90. The maximum Gasteiger partial charge on any atom is 0.326 e. The average Bonchev–Trinajstić information content (AvgIpc) is 3.35. The molecule has 0 saturated carbocycles. The minimum Gasteiger partial charge on any atom is -0.334 e. The van der Waals surface area contributed by atoms with Gasteiger partial charge in [0, 0.05) is 16.3 Å². The molecule has 182 valence electrons. The molecule has 1 unspecified atom stereocenters. The van der Waals surface area contributed by atoms with Gasteiger partial charge in [0.05, 0.1) is 17.3 Å². The molecule has 0 saturated heterocycles. The van der Waals surface area contributed by atoms with Gasteiger partial charge in [-0.2, -0.15) is 4.98 Å². The molecule has 0 spiro atoms. The van der Waals surface area contributed by atoms with Gasteiger partial charge in [0.1, 0.15) is 0 Å². The van der Waals surface area contributed by atoms with Gasteiger partial charge in [-0.15, -0.1) is 0 Å². The van der Waals surface area contributed by atoms with Crippen LogP contribution in [-0.2, 0) is 6.42 Å². The van der Waals surface area contributed by atoms with E-state index in [1.165, 1.54) is 11.1 Å². The molecule has 7 heteroatoms. The molecule has 1 aromatic heterocycles. The van der Waals surface area contributed by atoms with E-state index in [2.05, 4.69) is 43.4 Å². The zero-order valence-electron chi connectivity index (χ0n) is 20.7. The van der Waals surface area contributed by atoms with Crippen LogP contribution in [0.2, 0.25) is 5.02 Å². The number of carbonyl (C=O) groups excluding carboxylic acids is 1. The first-order valence-electron chi connectivity index (χ1n) is 11.9. The van der Waals surface area contributed by atoms with Crippen LogP contribution in [0.4, 0.5) is 10.5 Å². The molecule has 1 N–H and O–H groups in total. The minimum atomic E-state index is -0.448. The third-order valence-corrected chi connectivity index (χ3v) is 6.93. The van der Waals surface area contributed by atoms with Crippen LogP contribution in [0.5, 0.6) is 0 Å². The summed E-state index contributed by atoms with van der Waals surface area (Å²) in [6, 6.07) is 20.8. The van der Waals surface area contributed by atoms with Crippen LogP contribution in [0.3, 0.4) is 0 Å². The maximum atomic E-state index is 13.4. The summed E-state index contributed by atoms with van der Waals surface area (Å²) in [5.41, 5.74) is 7.48. The fourth-order valence-electron chi connectivity index (χ4n) is 4.48. The van der Waals surface area contributed by atoms with Crippen molar-refractivity contribution in [3.8, 4) is 11.4 Å². The summed E-state index contributed by atoms with van der Waals surface area (Å²) in [6.45, 7) is 8.15. The molecule has 5 rings (SSSR count). The fraction of sp³-hybridized carbons (Fsp3) is 0.207. The lowest BCUT2D eigenvalue weighted by atomic mass is 9.92. The predicted molar refractivity (Wildman–Crippen MR) is 143 cm³/mol. The highest BCUT2D eigenvalue weighted by Gasteiger charge is 2.36. The third-order valence-electron chi connectivity index (χ3n) is 6.69. The Morgan fingerprint density at radius 1 is 1.00 bits per heavy atom. The number of aromatic nitrogens is 2. The number of nitrogens with one attached hydrogen (secondary N) is 1. The van der Waals surface area contributed by atoms with Gasteiger partial charge >= 0.3 is 6.03 Å². The average molecular weight is 499 g/mol. The maximum absolute atomic E-state index is 13.4. The smallest absolute Gasteiger partial charge is 0.326 e. The number of rotatable bonds is 5. The summed E-state index contributed by atoms with van der Waals surface area (Å²) in [6.07, 6.45) is 0.926. The zero-order valence-corrected chi connectivity index (χ0v) is 21.4. The van der Waals surface area contributed by atoms with Crippen LogP contribution in [0.1, 0.15) is 48.0 Å². The Morgan fingerprint density at radius 3 is 2.47 bits per heavy atom. The van der Waals surface area contributed by atoms with E-state index in [0.29, 0.717) is 16.7 Å². The van der Waals surface area contributed by atoms with Gasteiger partial charge in [-0.25, -0.2) is 4.79 Å². The lowest BCUT2D eigenvalue weighted by molar-refractivity contribution is 0.244. The SMILES string of the molecule is CCc1ccc(N2C(=O)NC(c3ccc(C)c(C)c3)C(c3nc(-c4cccc(Cl)c4)no3)=C2C)cc1. The summed E-state index contributed by atoms with van der Waals surface area (Å²) in [5, 5.41) is 7.99. The van der Waals surface area contributed by atoms with Crippen molar-refractivity contribution in [3.05, 3.63) is 106 Å². The number of anilines is 1. The van der Waals surface area contributed by atoms with Crippen molar-refractivity contribution in [1.29, 1.82) is 0 Å². The van der Waals surface area contributed by atoms with Crippen molar-refractivity contribution in [2.45, 2.75) is 40.2 Å². The van der Waals surface area contributed by atoms with Gasteiger partial charge < -0.3 is 9.84 Å². The van der Waals surface area contributed by atoms with Gasteiger partial charge in [-0.05, 0) is 73.7 Å². The van der Waals surface area contributed by atoms with Crippen LogP contribution in [0.15, 0.2) is 77.0 Å². The van der Waals surface area contributed by atoms with Gasteiger partial charge in [-0.1, -0.05) is 66.1 Å². The molecule has 2 amide bonds. The van der Waals surface area contributed by atoms with E-state index in [4.69, 9.17) is 21.1 Å². The number of amides is 2. The lowest BCUT2D eigenvalue weighted by Crippen LogP contribution is -2.46. The molecular weight excluding hydrogens is 472 g/mol. The summed E-state index contributed by atoms with van der Waals surface area (Å²) >= 11 is 6.18. The number of allylic oxidation sites excluding steroid dienone is 1. The Morgan fingerprint density at radius 2 is 1.78 bits per heavy atom. The summed E-state index contributed by atoms with van der Waals surface area (Å²) in [4.78, 5) is 19.8. The van der Waals surface area contributed by atoms with E-state index in [1.807, 2.05) is 49.4 Å². The molecule has 0 fully saturated rings. The van der Waals surface area contributed by atoms with Gasteiger partial charge in [0.15, 0.2) is 0 Å². The van der Waals surface area contributed by atoms with E-state index in [9.17, 15) is 4.79 Å². The first-order chi connectivity index (χ1) is 17.4. The van der Waals surface area contributed by atoms with Crippen LogP contribution < -0.4 is 10.2 Å². The van der Waals surface area contributed by atoms with E-state index in [0.717, 1.165) is 40.1 Å². The van der Waals surface area contributed by atoms with Crippen molar-refractivity contribution >= 4 is 28.9 Å². The number of aryl methyl sites for hydroxylation is 3. The van der Waals surface area contributed by atoms with Gasteiger partial charge in [0.25, 0.3) is 5.89 Å². The highest BCUT2D eigenvalue weighted by Crippen LogP contribution is 2.39. The van der Waals surface area contributed by atoms with Crippen LogP contribution in [0, 0.1) is 13.8 Å². The number of nitrogens with zero attached hydrogens (tertiary/aromatic N) is 3. The van der Waals surface area contributed by atoms with Gasteiger partial charge in [-0.3, -0.25) is 4.90 Å². The molecule has 2 heterocycles. The number of hydrogen-bond acceptors (Lipinski definition) is 4. The molecule has 6 nitrogen and oxygen atoms in total. The Bertz CT molecular complexity index is 1470. The molecule has 3 aromatic carbocycles. The molecule has 0 aliphatic carbocycles. The number of halogens is 1. The van der Waals surface area contributed by atoms with Gasteiger partial charge in [0.2, 0.25) is 5.82 Å². The monoisotopic (exact) mass is 498 g/mol. The largest absolute Gasteiger partial charge is 0.334 e. The van der Waals surface area contributed by atoms with E-state index < -0.39 is 6.04 Å². The molecule has 36 heavy (non-hydrogen) atoms.